The van der Waals surface area contributed by atoms with Crippen molar-refractivity contribution in [2.24, 2.45) is 0 Å². The van der Waals surface area contributed by atoms with E-state index < -0.39 is 0 Å². The molecule has 0 unspecified atom stereocenters. The first-order valence-corrected chi connectivity index (χ1v) is 11.4. The molecule has 32 heavy (non-hydrogen) atoms. The first-order chi connectivity index (χ1) is 15.7. The van der Waals surface area contributed by atoms with Gasteiger partial charge in [-0.2, -0.15) is 0 Å². The van der Waals surface area contributed by atoms with Crippen LogP contribution in [0.1, 0.15) is 46.6 Å². The zero-order valence-corrected chi connectivity index (χ0v) is 18.7. The molecule has 0 radical (unpaired) electrons. The number of aromatic nitrogens is 1. The zero-order chi connectivity index (χ0) is 22.2. The Morgan fingerprint density at radius 1 is 0.938 bits per heavy atom. The van der Waals surface area contributed by atoms with Crippen LogP contribution in [-0.4, -0.2) is 53.5 Å². The van der Waals surface area contributed by atoms with Crippen LogP contribution in [-0.2, 0) is 11.3 Å². The van der Waals surface area contributed by atoms with Gasteiger partial charge >= 0.3 is 5.97 Å². The highest BCUT2D eigenvalue weighted by Crippen LogP contribution is 2.29. The number of pyridine rings is 1. The monoisotopic (exact) mass is 429 g/mol. The summed E-state index contributed by atoms with van der Waals surface area (Å²) in [7, 11) is 0. The minimum atomic E-state index is -0.285. The zero-order valence-electron chi connectivity index (χ0n) is 18.7. The van der Waals surface area contributed by atoms with Crippen LogP contribution in [0, 0.1) is 0 Å². The Morgan fingerprint density at radius 2 is 1.62 bits per heavy atom. The molecule has 0 amide bonds. The summed E-state index contributed by atoms with van der Waals surface area (Å²) >= 11 is 0. The lowest BCUT2D eigenvalue weighted by molar-refractivity contribution is 0.0526. The third-order valence-corrected chi connectivity index (χ3v) is 5.93. The van der Waals surface area contributed by atoms with Crippen LogP contribution < -0.4 is 0 Å². The van der Waals surface area contributed by atoms with Gasteiger partial charge < -0.3 is 4.74 Å². The summed E-state index contributed by atoms with van der Waals surface area (Å²) < 4.78 is 5.13. The summed E-state index contributed by atoms with van der Waals surface area (Å²) in [6.45, 7) is 6.93. The molecule has 0 atom stereocenters. The molecule has 5 heteroatoms. The molecule has 1 saturated heterocycles. The molecule has 0 N–H and O–H groups in total. The summed E-state index contributed by atoms with van der Waals surface area (Å²) in [6.07, 6.45) is 2.79. The molecule has 0 bridgehead atoms. The number of nitrogens with zero attached hydrogens (tertiary/aromatic N) is 3. The Labute approximate surface area is 190 Å². The summed E-state index contributed by atoms with van der Waals surface area (Å²) in [4.78, 5) is 21.6. The Morgan fingerprint density at radius 3 is 2.28 bits per heavy atom. The van der Waals surface area contributed by atoms with Gasteiger partial charge in [0.25, 0.3) is 0 Å². The van der Waals surface area contributed by atoms with Crippen LogP contribution in [0.2, 0.25) is 0 Å². The molecule has 2 aromatic carbocycles. The van der Waals surface area contributed by atoms with E-state index in [1.165, 1.54) is 11.1 Å². The molecule has 0 aliphatic carbocycles. The molecule has 1 aliphatic rings. The van der Waals surface area contributed by atoms with Crippen molar-refractivity contribution < 1.29 is 9.53 Å². The van der Waals surface area contributed by atoms with Crippen LogP contribution in [0.4, 0.5) is 0 Å². The van der Waals surface area contributed by atoms with Crippen molar-refractivity contribution in [2.75, 3.05) is 32.8 Å². The molecule has 0 spiro atoms. The van der Waals surface area contributed by atoms with Gasteiger partial charge in [0.2, 0.25) is 0 Å². The van der Waals surface area contributed by atoms with Crippen LogP contribution in [0.15, 0.2) is 79.0 Å². The fraction of sp³-hybridized carbons (Fsp3) is 0.333. The molecular formula is C27H31N3O2. The van der Waals surface area contributed by atoms with E-state index >= 15 is 0 Å². The number of esters is 1. The van der Waals surface area contributed by atoms with E-state index in [9.17, 15) is 4.79 Å². The molecule has 0 saturated carbocycles. The molecule has 1 aromatic heterocycles. The van der Waals surface area contributed by atoms with Gasteiger partial charge in [-0.05, 0) is 43.1 Å². The molecule has 1 aliphatic heterocycles. The Bertz CT molecular complexity index is 955. The maximum absolute atomic E-state index is 12.1. The van der Waals surface area contributed by atoms with Crippen molar-refractivity contribution in [3.05, 3.63) is 101 Å². The van der Waals surface area contributed by atoms with Gasteiger partial charge in [-0.1, -0.05) is 60.7 Å². The molecule has 5 nitrogen and oxygen atoms in total. The van der Waals surface area contributed by atoms with E-state index in [0.29, 0.717) is 12.2 Å². The van der Waals surface area contributed by atoms with Gasteiger partial charge in [0.15, 0.2) is 0 Å². The van der Waals surface area contributed by atoms with Gasteiger partial charge in [0.1, 0.15) is 0 Å². The number of carbonyl (C=O) groups is 1. The van der Waals surface area contributed by atoms with Gasteiger partial charge in [-0.15, -0.1) is 0 Å². The number of ether oxygens (including phenoxy) is 1. The number of benzene rings is 2. The predicted molar refractivity (Wildman–Crippen MR) is 126 cm³/mol. The van der Waals surface area contributed by atoms with Crippen molar-refractivity contribution in [1.29, 1.82) is 0 Å². The van der Waals surface area contributed by atoms with Crippen molar-refractivity contribution in [3.63, 3.8) is 0 Å². The maximum Gasteiger partial charge on any atom is 0.338 e. The fourth-order valence-corrected chi connectivity index (χ4v) is 4.43. The van der Waals surface area contributed by atoms with Crippen LogP contribution in [0.3, 0.4) is 0 Å². The average molecular weight is 430 g/mol. The standard InChI is InChI=1S/C27H31N3O2/c1-2-32-27(31)24-14-15-28-25(20-24)21-29-16-9-17-30(19-18-29)26(22-10-5-3-6-11-22)23-12-7-4-8-13-23/h3-8,10-15,20,26H,2,9,16-19,21H2,1H3. The molecule has 166 valence electrons. The Kier molecular flexibility index (Phi) is 7.64. The predicted octanol–water partition coefficient (Wildman–Crippen LogP) is 4.56. The second-order valence-electron chi connectivity index (χ2n) is 8.15. The Balaban J connectivity index is 1.46. The summed E-state index contributed by atoms with van der Waals surface area (Å²) in [5.41, 5.74) is 4.14. The second-order valence-corrected chi connectivity index (χ2v) is 8.15. The molecule has 1 fully saturated rings. The number of carbonyl (C=O) groups excluding carboxylic acids is 1. The highest BCUT2D eigenvalue weighted by molar-refractivity contribution is 5.89. The quantitative estimate of drug-likeness (QED) is 0.516. The van der Waals surface area contributed by atoms with E-state index in [1.807, 2.05) is 13.0 Å². The van der Waals surface area contributed by atoms with Crippen molar-refractivity contribution in [1.82, 2.24) is 14.8 Å². The smallest absolute Gasteiger partial charge is 0.338 e. The van der Waals surface area contributed by atoms with Crippen LogP contribution >= 0.6 is 0 Å². The highest BCUT2D eigenvalue weighted by atomic mass is 16.5. The van der Waals surface area contributed by atoms with Gasteiger partial charge in [-0.3, -0.25) is 14.8 Å². The topological polar surface area (TPSA) is 45.7 Å². The minimum Gasteiger partial charge on any atom is -0.462 e. The van der Waals surface area contributed by atoms with Crippen molar-refractivity contribution >= 4 is 5.97 Å². The van der Waals surface area contributed by atoms with Gasteiger partial charge in [-0.25, -0.2) is 4.79 Å². The van der Waals surface area contributed by atoms with Crippen molar-refractivity contribution in [2.45, 2.75) is 25.9 Å². The van der Waals surface area contributed by atoms with E-state index in [-0.39, 0.29) is 12.0 Å². The van der Waals surface area contributed by atoms with Gasteiger partial charge in [0, 0.05) is 32.4 Å². The van der Waals surface area contributed by atoms with E-state index in [2.05, 4.69) is 75.4 Å². The number of rotatable bonds is 7. The van der Waals surface area contributed by atoms with E-state index in [4.69, 9.17) is 4.74 Å². The number of hydrogen-bond acceptors (Lipinski definition) is 5. The molecule has 3 aromatic rings. The Hall–Kier alpha value is -3.02. The third kappa shape index (κ3) is 5.61. The summed E-state index contributed by atoms with van der Waals surface area (Å²) in [5, 5.41) is 0. The largest absolute Gasteiger partial charge is 0.462 e. The SMILES string of the molecule is CCOC(=O)c1ccnc(CN2CCCN(C(c3ccccc3)c3ccccc3)CC2)c1. The lowest BCUT2D eigenvalue weighted by Gasteiger charge is -2.31. The first-order valence-electron chi connectivity index (χ1n) is 11.4. The summed E-state index contributed by atoms with van der Waals surface area (Å²) in [5.74, 6) is -0.285. The van der Waals surface area contributed by atoms with Crippen molar-refractivity contribution in [3.8, 4) is 0 Å². The van der Waals surface area contributed by atoms with Crippen LogP contribution in [0.5, 0.6) is 0 Å². The second kappa shape index (κ2) is 11.0. The lowest BCUT2D eigenvalue weighted by Crippen LogP contribution is -2.34. The van der Waals surface area contributed by atoms with Gasteiger partial charge in [0.05, 0.1) is 23.9 Å². The average Bonchev–Trinajstić information content (AvgIpc) is 3.06. The van der Waals surface area contributed by atoms with E-state index in [0.717, 1.165) is 44.8 Å². The summed E-state index contributed by atoms with van der Waals surface area (Å²) in [6, 6.07) is 25.4. The fourth-order valence-electron chi connectivity index (χ4n) is 4.43. The maximum atomic E-state index is 12.1. The highest BCUT2D eigenvalue weighted by Gasteiger charge is 2.25. The van der Waals surface area contributed by atoms with E-state index in [1.54, 1.807) is 12.3 Å². The number of hydrogen-bond donors (Lipinski definition) is 0. The molecule has 2 heterocycles. The molecule has 4 rings (SSSR count). The minimum absolute atomic E-state index is 0.252. The first kappa shape index (κ1) is 22.2. The molecular weight excluding hydrogens is 398 g/mol. The third-order valence-electron chi connectivity index (χ3n) is 5.93. The lowest BCUT2D eigenvalue weighted by atomic mass is 9.97. The normalized spacial score (nSPS) is 15.4. The van der Waals surface area contributed by atoms with Crippen LogP contribution in [0.25, 0.3) is 0 Å².